The molecule has 7 nitrogen and oxygen atoms in total. The number of ether oxygens (including phenoxy) is 7. The molecule has 0 unspecified atom stereocenters. The third-order valence-corrected chi connectivity index (χ3v) is 20.0. The van der Waals surface area contributed by atoms with Gasteiger partial charge in [-0.05, 0) is 281 Å². The molecule has 0 saturated carbocycles. The van der Waals surface area contributed by atoms with E-state index in [0.717, 1.165) is 85.2 Å². The monoisotopic (exact) mass is 1400 g/mol. The molecule has 0 aliphatic heterocycles. The topological polar surface area (TPSA) is 64.6 Å². The van der Waals surface area contributed by atoms with Crippen LogP contribution in [0.15, 0.2) is 212 Å². The molecule has 0 amide bonds. The van der Waals surface area contributed by atoms with Crippen molar-refractivity contribution in [3.63, 3.8) is 0 Å². The highest BCUT2D eigenvalue weighted by Gasteiger charge is 2.12. The minimum atomic E-state index is 0.922. The molecule has 14 aromatic carbocycles. The Labute approximate surface area is 627 Å². The molecule has 14 aromatic rings. The Morgan fingerprint density at radius 2 is 0.705 bits per heavy atom. The summed E-state index contributed by atoms with van der Waals surface area (Å²) in [4.78, 5) is 0. The molecule has 0 saturated heterocycles. The minimum Gasteiger partial charge on any atom is -0.497 e. The Morgan fingerprint density at radius 1 is 0.219 bits per heavy atom. The van der Waals surface area contributed by atoms with Crippen molar-refractivity contribution in [2.45, 2.75) is 142 Å². The second-order valence-electron chi connectivity index (χ2n) is 26.8. The molecule has 14 rings (SSSR count). The predicted molar refractivity (Wildman–Crippen MR) is 452 cm³/mol. The van der Waals surface area contributed by atoms with Crippen LogP contribution in [-0.4, -0.2) is 49.8 Å². The lowest BCUT2D eigenvalue weighted by molar-refractivity contribution is 0.415. The smallest absolute Gasteiger partial charge is 0.126 e. The second kappa shape index (κ2) is 38.9. The fourth-order valence-corrected chi connectivity index (χ4v) is 14.2. The molecule has 7 heteroatoms. The van der Waals surface area contributed by atoms with Crippen molar-refractivity contribution >= 4 is 75.4 Å². The van der Waals surface area contributed by atoms with Gasteiger partial charge in [-0.15, -0.1) is 0 Å². The third kappa shape index (κ3) is 19.9. The normalized spacial score (nSPS) is 10.6. The van der Waals surface area contributed by atoms with Crippen molar-refractivity contribution in [2.75, 3.05) is 49.8 Å². The van der Waals surface area contributed by atoms with Gasteiger partial charge in [-0.3, -0.25) is 0 Å². The number of benzene rings is 14. The average Bonchev–Trinajstić information content (AvgIpc) is 0.770. The molecular formula is C98H112O7. The summed E-state index contributed by atoms with van der Waals surface area (Å²) >= 11 is 0. The predicted octanol–water partition coefficient (Wildman–Crippen LogP) is 26.0. The van der Waals surface area contributed by atoms with Gasteiger partial charge in [0.2, 0.25) is 0 Å². The fraction of sp³-hybridized carbons (Fsp3) is 0.286. The highest BCUT2D eigenvalue weighted by atomic mass is 16.5. The number of fused-ring (bicyclic) bond motifs is 7. The lowest BCUT2D eigenvalue weighted by Gasteiger charge is -2.12. The second-order valence-corrected chi connectivity index (χ2v) is 26.8. The van der Waals surface area contributed by atoms with Crippen molar-refractivity contribution in [3.05, 3.63) is 290 Å². The van der Waals surface area contributed by atoms with E-state index in [9.17, 15) is 0 Å². The number of hydrogen-bond donors (Lipinski definition) is 0. The van der Waals surface area contributed by atoms with Crippen molar-refractivity contribution in [3.8, 4) is 40.2 Å². The SMILES string of the molecule is CCc1c(C)cc(OC)c2ccccc12.CCc1cc(C)c2ccc(OC)cc2c1.CCc1cc(C)cc2c(OC)cccc12.CCc1cc2cc(OC)ccc2cc1C.CCc1cc2ccc(OC)cc2cc1C.CCc1ccc(OC)c2ccc(C)cc12.CCc1cccc2c(OC)ccc(C)c12. The molecule has 0 aliphatic rings. The van der Waals surface area contributed by atoms with Crippen LogP contribution in [0.3, 0.4) is 0 Å². The van der Waals surface area contributed by atoms with Crippen molar-refractivity contribution < 1.29 is 33.2 Å². The first-order valence-corrected chi connectivity index (χ1v) is 37.2. The van der Waals surface area contributed by atoms with Crippen LogP contribution in [0, 0.1) is 48.5 Å². The number of rotatable bonds is 14. The van der Waals surface area contributed by atoms with Crippen LogP contribution in [0.25, 0.3) is 75.4 Å². The van der Waals surface area contributed by atoms with Crippen LogP contribution in [0.4, 0.5) is 0 Å². The summed E-state index contributed by atoms with van der Waals surface area (Å²) < 4.78 is 37.2. The van der Waals surface area contributed by atoms with Crippen LogP contribution in [-0.2, 0) is 44.9 Å². The summed E-state index contributed by atoms with van der Waals surface area (Å²) in [7, 11) is 12.0. The van der Waals surface area contributed by atoms with E-state index in [-0.39, 0.29) is 0 Å². The van der Waals surface area contributed by atoms with Crippen LogP contribution >= 0.6 is 0 Å². The molecule has 0 aromatic heterocycles. The highest BCUT2D eigenvalue weighted by molar-refractivity contribution is 5.96. The number of hydrogen-bond acceptors (Lipinski definition) is 7. The van der Waals surface area contributed by atoms with Crippen LogP contribution in [0.5, 0.6) is 40.2 Å². The van der Waals surface area contributed by atoms with Crippen molar-refractivity contribution in [1.82, 2.24) is 0 Å². The fourth-order valence-electron chi connectivity index (χ4n) is 14.2. The third-order valence-electron chi connectivity index (χ3n) is 20.0. The van der Waals surface area contributed by atoms with Gasteiger partial charge in [-0.25, -0.2) is 0 Å². The van der Waals surface area contributed by atoms with Gasteiger partial charge in [0.05, 0.1) is 49.8 Å². The van der Waals surface area contributed by atoms with Gasteiger partial charge in [0, 0.05) is 21.5 Å². The van der Waals surface area contributed by atoms with E-state index in [1.165, 1.54) is 153 Å². The van der Waals surface area contributed by atoms with E-state index in [0.29, 0.717) is 0 Å². The summed E-state index contributed by atoms with van der Waals surface area (Å²) in [6.07, 6.45) is 7.50. The number of methoxy groups -OCH3 is 7. The number of aryl methyl sites for hydroxylation is 14. The minimum absolute atomic E-state index is 0.922. The first-order valence-electron chi connectivity index (χ1n) is 37.2. The van der Waals surface area contributed by atoms with E-state index >= 15 is 0 Å². The maximum atomic E-state index is 5.41. The Kier molecular flexibility index (Phi) is 29.7. The molecular weight excluding hydrogens is 1290 g/mol. The van der Waals surface area contributed by atoms with Gasteiger partial charge in [-0.1, -0.05) is 205 Å². The van der Waals surface area contributed by atoms with Gasteiger partial charge in [0.25, 0.3) is 0 Å². The summed E-state index contributed by atoms with van der Waals surface area (Å²) in [5.41, 5.74) is 19.1. The summed E-state index contributed by atoms with van der Waals surface area (Å²) in [5, 5.41) is 17.8. The molecule has 0 aliphatic carbocycles. The van der Waals surface area contributed by atoms with Crippen LogP contribution in [0.1, 0.15) is 126 Å². The molecule has 0 heterocycles. The highest BCUT2D eigenvalue weighted by Crippen LogP contribution is 2.36. The standard InChI is InChI=1S/7C14H16O/c1-4-11-6-8-14(15-3)12-7-5-10(2)9-13(11)12;1-4-11-8-12-5-6-14(15-3)9-13(12)7-10(11)2;1-4-11-8-13-9-14(15-3)6-5-12(13)7-10(11)2;1-4-11-7-10(2)14-6-5-13(15-3)9-12(14)8-11;1-4-11-8-10(2)9-13-12(11)6-5-7-14(13)15-3;1-4-11-6-5-7-12-13(15-3)9-8-10(2)14(11)12;1-4-11-10(2)9-14(15-3)13-8-6-5-7-12(11)13/h7*5-9H,4H2,1-3H3. The summed E-state index contributed by atoms with van der Waals surface area (Å²) in [5.74, 6) is 6.63. The van der Waals surface area contributed by atoms with E-state index in [1.807, 2.05) is 30.3 Å². The Balaban J connectivity index is 0.000000155. The Bertz CT molecular complexity index is 5180. The summed E-state index contributed by atoms with van der Waals surface area (Å²) in [6, 6.07) is 74.7. The van der Waals surface area contributed by atoms with Gasteiger partial charge < -0.3 is 33.2 Å². The molecule has 0 radical (unpaired) electrons. The quantitative estimate of drug-likeness (QED) is 0.107. The van der Waals surface area contributed by atoms with Crippen molar-refractivity contribution in [1.29, 1.82) is 0 Å². The molecule has 0 bridgehead atoms. The molecule has 0 N–H and O–H groups in total. The van der Waals surface area contributed by atoms with Gasteiger partial charge in [0.15, 0.2) is 0 Å². The Morgan fingerprint density at radius 3 is 1.30 bits per heavy atom. The average molecular weight is 1400 g/mol. The van der Waals surface area contributed by atoms with Gasteiger partial charge >= 0.3 is 0 Å². The zero-order valence-corrected chi connectivity index (χ0v) is 66.5. The molecule has 105 heavy (non-hydrogen) atoms. The van der Waals surface area contributed by atoms with E-state index < -0.39 is 0 Å². The summed E-state index contributed by atoms with van der Waals surface area (Å²) in [6.45, 7) is 30.4. The van der Waals surface area contributed by atoms with Crippen molar-refractivity contribution in [2.24, 2.45) is 0 Å². The largest absolute Gasteiger partial charge is 0.497 e. The first-order chi connectivity index (χ1) is 50.8. The van der Waals surface area contributed by atoms with Crippen LogP contribution in [0.2, 0.25) is 0 Å². The molecule has 0 atom stereocenters. The van der Waals surface area contributed by atoms with E-state index in [2.05, 4.69) is 279 Å². The van der Waals surface area contributed by atoms with Gasteiger partial charge in [-0.2, -0.15) is 0 Å². The molecule has 0 spiro atoms. The van der Waals surface area contributed by atoms with Crippen LogP contribution < -0.4 is 33.2 Å². The lowest BCUT2D eigenvalue weighted by Crippen LogP contribution is -1.93. The van der Waals surface area contributed by atoms with Gasteiger partial charge in [0.1, 0.15) is 40.2 Å². The molecule has 546 valence electrons. The Hall–Kier alpha value is -10.5. The zero-order valence-electron chi connectivity index (χ0n) is 66.5. The zero-order chi connectivity index (χ0) is 75.9. The van der Waals surface area contributed by atoms with E-state index in [4.69, 9.17) is 33.2 Å². The molecule has 0 fully saturated rings. The van der Waals surface area contributed by atoms with E-state index in [1.54, 1.807) is 49.8 Å². The maximum Gasteiger partial charge on any atom is 0.126 e. The first kappa shape index (κ1) is 80.2. The maximum absolute atomic E-state index is 5.41. The lowest BCUT2D eigenvalue weighted by atomic mass is 9.97.